The van der Waals surface area contributed by atoms with Crippen LogP contribution in [0.5, 0.6) is 0 Å². The molecule has 1 heterocycles. The number of para-hydroxylation sites is 1. The zero-order chi connectivity index (χ0) is 37.1. The van der Waals surface area contributed by atoms with E-state index in [1.165, 1.54) is 52.1 Å². The van der Waals surface area contributed by atoms with Crippen molar-refractivity contribution in [1.82, 2.24) is 4.98 Å². The van der Waals surface area contributed by atoms with Gasteiger partial charge in [-0.05, 0) is 48.1 Å². The molecule has 0 radical (unpaired) electrons. The lowest BCUT2D eigenvalue weighted by atomic mass is 10.1. The molecule has 0 bridgehead atoms. The van der Waals surface area contributed by atoms with E-state index in [-0.39, 0.29) is 59.4 Å². The minimum Gasteiger partial charge on any atom is -0.361 e. The summed E-state index contributed by atoms with van der Waals surface area (Å²) in [4.78, 5) is 3.12. The molecule has 0 unspecified atom stereocenters. The molecule has 1 heteroatoms. The molecule has 0 aliphatic rings. The standard InChI is InChI=1S/C10H8.C8H7N.2C7H8.C6H6.2C4H10.C3H8.8CH4/c1-2-6-10-8-4-3-7-9(10)5-1;1-2-4-8-7(3-1)5-6-9-8;2*1-7-5-3-2-4-6-7;1-2-4-6-5-3-1;1-4(2)3;1-3-4-2;1-3-2;;;;;;;;/h1-8H;1-6,9H;2*2-6H,1H3;1-6H;4H,1-3H3;3-4H2,1-2H3;3H2,1-2H3;8*1H4. The number of rotatable bonds is 1. The predicted octanol–water partition coefficient (Wildman–Crippen LogP) is 20.7. The van der Waals surface area contributed by atoms with Crippen LogP contribution in [0.25, 0.3) is 21.7 Å². The summed E-state index contributed by atoms with van der Waals surface area (Å²) in [6, 6.07) is 59.5. The highest BCUT2D eigenvalue weighted by Gasteiger charge is 1.87. The van der Waals surface area contributed by atoms with Gasteiger partial charge in [0.25, 0.3) is 0 Å². The number of fused-ring (bicyclic) bond motifs is 2. The van der Waals surface area contributed by atoms with Crippen LogP contribution < -0.4 is 0 Å². The van der Waals surface area contributed by atoms with Crippen molar-refractivity contribution in [3.05, 3.63) is 193 Å². The van der Waals surface area contributed by atoms with Crippen LogP contribution in [-0.2, 0) is 0 Å². The fourth-order valence-electron chi connectivity index (χ4n) is 3.58. The molecule has 1 aromatic heterocycles. The number of unbranched alkanes of at least 4 members (excludes halogenated alkanes) is 1. The highest BCUT2D eigenvalue weighted by Crippen LogP contribution is 2.11. The van der Waals surface area contributed by atoms with Crippen molar-refractivity contribution >= 4 is 21.7 Å². The topological polar surface area (TPSA) is 15.8 Å². The SMILES string of the molecule is C.C.C.C.C.C.C.C.CC(C)C.CCC.CCCC.Cc1ccccc1.Cc1ccccc1.c1ccc2[nH]ccc2c1.c1ccc2ccccc2c1.c1ccccc1. The summed E-state index contributed by atoms with van der Waals surface area (Å²) in [5.74, 6) is 0.833. The number of hydrogen-bond acceptors (Lipinski definition) is 0. The number of aromatic amines is 1. The maximum absolute atomic E-state index is 3.12. The molecule has 0 atom stereocenters. The van der Waals surface area contributed by atoms with Gasteiger partial charge in [0.1, 0.15) is 0 Å². The van der Waals surface area contributed by atoms with Gasteiger partial charge in [0.15, 0.2) is 0 Å². The van der Waals surface area contributed by atoms with E-state index in [2.05, 4.69) is 158 Å². The van der Waals surface area contributed by atoms with Gasteiger partial charge < -0.3 is 4.98 Å². The van der Waals surface area contributed by atoms with Gasteiger partial charge in [-0.1, -0.05) is 302 Å². The third-order valence-electron chi connectivity index (χ3n) is 6.17. The van der Waals surface area contributed by atoms with Crippen molar-refractivity contribution < 1.29 is 0 Å². The molecular weight excluding hydrogens is 699 g/mol. The van der Waals surface area contributed by atoms with Gasteiger partial charge in [-0.15, -0.1) is 0 Å². The molecule has 1 N–H and O–H groups in total. The average Bonchev–Trinajstić information content (AvgIpc) is 3.64. The van der Waals surface area contributed by atoms with Gasteiger partial charge in [-0.2, -0.15) is 0 Å². The summed E-state index contributed by atoms with van der Waals surface area (Å²) in [5, 5.41) is 3.90. The van der Waals surface area contributed by atoms with Gasteiger partial charge in [-0.3, -0.25) is 0 Å². The molecule has 0 saturated heterocycles. The van der Waals surface area contributed by atoms with Crippen molar-refractivity contribution in [2.75, 3.05) is 0 Å². The molecule has 6 aromatic carbocycles. The van der Waals surface area contributed by atoms with Crippen LogP contribution in [0.15, 0.2) is 182 Å². The van der Waals surface area contributed by atoms with E-state index in [4.69, 9.17) is 0 Å². The molecule has 0 fully saturated rings. The quantitative estimate of drug-likeness (QED) is 0.170. The Morgan fingerprint density at radius 3 is 0.793 bits per heavy atom. The lowest BCUT2D eigenvalue weighted by Gasteiger charge is -1.92. The third-order valence-corrected chi connectivity index (χ3v) is 6.17. The van der Waals surface area contributed by atoms with Crippen molar-refractivity contribution in [3.63, 3.8) is 0 Å². The molecule has 0 aliphatic heterocycles. The molecule has 7 rings (SSSR count). The van der Waals surface area contributed by atoms with Crippen LogP contribution in [0, 0.1) is 19.8 Å². The van der Waals surface area contributed by atoms with Gasteiger partial charge in [-0.25, -0.2) is 0 Å². The molecule has 0 amide bonds. The second kappa shape index (κ2) is 54.2. The van der Waals surface area contributed by atoms with E-state index in [1.54, 1.807) is 0 Å². The number of benzene rings is 6. The molecular formula is C57H97N. The second-order valence-electron chi connectivity index (χ2n) is 12.3. The molecule has 0 saturated carbocycles. The lowest BCUT2D eigenvalue weighted by Crippen LogP contribution is -1.67. The summed E-state index contributed by atoms with van der Waals surface area (Å²) < 4.78 is 0. The summed E-state index contributed by atoms with van der Waals surface area (Å²) in [6.07, 6.45) is 5.84. The van der Waals surface area contributed by atoms with E-state index >= 15 is 0 Å². The monoisotopic (exact) mass is 796 g/mol. The van der Waals surface area contributed by atoms with Gasteiger partial charge in [0.05, 0.1) is 0 Å². The Balaban J connectivity index is -0.0000000679. The molecule has 7 aromatic rings. The fourth-order valence-corrected chi connectivity index (χ4v) is 3.58. The van der Waals surface area contributed by atoms with Crippen molar-refractivity contribution in [3.8, 4) is 0 Å². The van der Waals surface area contributed by atoms with Gasteiger partial charge >= 0.3 is 0 Å². The number of hydrogen-bond donors (Lipinski definition) is 1. The van der Waals surface area contributed by atoms with E-state index in [9.17, 15) is 0 Å². The number of aromatic nitrogens is 1. The second-order valence-corrected chi connectivity index (χ2v) is 12.3. The molecule has 1 nitrogen and oxygen atoms in total. The maximum Gasteiger partial charge on any atom is 0.0453 e. The lowest BCUT2D eigenvalue weighted by molar-refractivity contribution is 0.737. The Morgan fingerprint density at radius 1 is 0.345 bits per heavy atom. The van der Waals surface area contributed by atoms with Crippen molar-refractivity contribution in [2.24, 2.45) is 5.92 Å². The van der Waals surface area contributed by atoms with Crippen molar-refractivity contribution in [1.29, 1.82) is 0 Å². The third kappa shape index (κ3) is 45.5. The largest absolute Gasteiger partial charge is 0.361 e. The summed E-state index contributed by atoms with van der Waals surface area (Å²) in [5.41, 5.74) is 3.85. The molecule has 330 valence electrons. The summed E-state index contributed by atoms with van der Waals surface area (Å²) >= 11 is 0. The fraction of sp³-hybridized carbons (Fsp3) is 0.368. The van der Waals surface area contributed by atoms with Crippen LogP contribution in [0.2, 0.25) is 0 Å². The number of H-pyrrole nitrogens is 1. The predicted molar refractivity (Wildman–Crippen MR) is 282 cm³/mol. The average molecular weight is 796 g/mol. The Labute approximate surface area is 365 Å². The minimum atomic E-state index is 0. The van der Waals surface area contributed by atoms with Crippen LogP contribution >= 0.6 is 0 Å². The Morgan fingerprint density at radius 2 is 0.569 bits per heavy atom. The van der Waals surface area contributed by atoms with Crippen LogP contribution in [0.4, 0.5) is 0 Å². The summed E-state index contributed by atoms with van der Waals surface area (Å²) in [6.45, 7) is 19.3. The smallest absolute Gasteiger partial charge is 0.0453 e. The van der Waals surface area contributed by atoms with E-state index in [0.29, 0.717) is 0 Å². The van der Waals surface area contributed by atoms with Gasteiger partial charge in [0, 0.05) is 11.7 Å². The first kappa shape index (κ1) is 74.1. The van der Waals surface area contributed by atoms with E-state index in [0.717, 1.165) is 5.92 Å². The van der Waals surface area contributed by atoms with Crippen LogP contribution in [0.1, 0.15) is 138 Å². The zero-order valence-corrected chi connectivity index (χ0v) is 32.5. The first-order valence-electron chi connectivity index (χ1n) is 18.3. The highest BCUT2D eigenvalue weighted by atomic mass is 14.7. The summed E-state index contributed by atoms with van der Waals surface area (Å²) in [7, 11) is 0. The first-order valence-corrected chi connectivity index (χ1v) is 18.3. The zero-order valence-electron chi connectivity index (χ0n) is 32.5. The molecule has 0 aliphatic carbocycles. The first-order chi connectivity index (χ1) is 24.3. The number of nitrogens with one attached hydrogen (secondary N) is 1. The molecule has 58 heavy (non-hydrogen) atoms. The van der Waals surface area contributed by atoms with E-state index in [1.807, 2.05) is 91.1 Å². The van der Waals surface area contributed by atoms with Gasteiger partial charge in [0.2, 0.25) is 0 Å². The Bertz CT molecular complexity index is 1490. The Hall–Kier alpha value is -4.88. The minimum absolute atomic E-state index is 0. The highest BCUT2D eigenvalue weighted by molar-refractivity contribution is 5.82. The Kier molecular flexibility index (Phi) is 69.3. The molecule has 0 spiro atoms. The maximum atomic E-state index is 3.12. The number of aryl methyl sites for hydroxylation is 2. The van der Waals surface area contributed by atoms with E-state index < -0.39 is 0 Å². The van der Waals surface area contributed by atoms with Crippen LogP contribution in [-0.4, -0.2) is 4.98 Å². The van der Waals surface area contributed by atoms with Crippen LogP contribution in [0.3, 0.4) is 0 Å². The normalized spacial score (nSPS) is 7.69. The van der Waals surface area contributed by atoms with Crippen molar-refractivity contribution in [2.45, 2.75) is 141 Å².